The minimum absolute atomic E-state index is 0.237. The summed E-state index contributed by atoms with van der Waals surface area (Å²) in [6, 6.07) is 6.09. The molecule has 1 saturated heterocycles. The molecule has 0 unspecified atom stereocenters. The highest BCUT2D eigenvalue weighted by Crippen LogP contribution is 2.31. The molecule has 29 heavy (non-hydrogen) atoms. The van der Waals surface area contributed by atoms with E-state index in [4.69, 9.17) is 9.97 Å². The van der Waals surface area contributed by atoms with Gasteiger partial charge in [-0.3, -0.25) is 9.78 Å². The largest absolute Gasteiger partial charge is 0.356 e. The maximum atomic E-state index is 12.2. The monoisotopic (exact) mass is 393 g/mol. The topological polar surface area (TPSA) is 62.2 Å². The number of nitrogens with zero attached hydrogens (tertiary/aromatic N) is 5. The van der Waals surface area contributed by atoms with E-state index in [0.29, 0.717) is 6.42 Å². The summed E-state index contributed by atoms with van der Waals surface area (Å²) >= 11 is 0. The fourth-order valence-electron chi connectivity index (χ4n) is 4.54. The highest BCUT2D eigenvalue weighted by molar-refractivity contribution is 5.76. The molecule has 4 heterocycles. The molecule has 0 bridgehead atoms. The van der Waals surface area contributed by atoms with E-state index in [1.165, 1.54) is 5.56 Å². The normalized spacial score (nSPS) is 19.2. The zero-order valence-corrected chi connectivity index (χ0v) is 17.6. The van der Waals surface area contributed by atoms with Gasteiger partial charge in [0.25, 0.3) is 0 Å². The Morgan fingerprint density at radius 2 is 2.10 bits per heavy atom. The number of aryl methyl sites for hydroxylation is 1. The molecule has 1 atom stereocenters. The molecule has 0 radical (unpaired) electrons. The molecule has 2 aliphatic rings. The van der Waals surface area contributed by atoms with Gasteiger partial charge in [0.1, 0.15) is 11.6 Å². The first-order valence-electron chi connectivity index (χ1n) is 11.0. The Hall–Kier alpha value is -2.50. The summed E-state index contributed by atoms with van der Waals surface area (Å²) in [7, 11) is 0. The third-order valence-electron chi connectivity index (χ3n) is 6.17. The molecule has 2 aromatic heterocycles. The number of aromatic nitrogens is 3. The number of pyridine rings is 1. The fraction of sp³-hybridized carbons (Fsp3) is 0.565. The van der Waals surface area contributed by atoms with Crippen molar-refractivity contribution in [3.8, 4) is 0 Å². The summed E-state index contributed by atoms with van der Waals surface area (Å²) < 4.78 is 0. The van der Waals surface area contributed by atoms with E-state index in [1.54, 1.807) is 0 Å². The van der Waals surface area contributed by atoms with Crippen LogP contribution in [0.2, 0.25) is 0 Å². The molecule has 1 amide bonds. The van der Waals surface area contributed by atoms with E-state index in [1.807, 2.05) is 30.2 Å². The Balaban J connectivity index is 1.55. The van der Waals surface area contributed by atoms with Gasteiger partial charge in [0.2, 0.25) is 5.91 Å². The van der Waals surface area contributed by atoms with Crippen molar-refractivity contribution in [2.75, 3.05) is 31.1 Å². The summed E-state index contributed by atoms with van der Waals surface area (Å²) in [6.45, 7) is 7.61. The maximum Gasteiger partial charge on any atom is 0.222 e. The average Bonchev–Trinajstić information content (AvgIpc) is 2.78. The Morgan fingerprint density at radius 1 is 1.21 bits per heavy atom. The van der Waals surface area contributed by atoms with Crippen LogP contribution in [0.1, 0.15) is 61.3 Å². The zero-order chi connectivity index (χ0) is 20.2. The first-order valence-corrected chi connectivity index (χ1v) is 11.0. The molecule has 0 spiro atoms. The van der Waals surface area contributed by atoms with Gasteiger partial charge in [-0.05, 0) is 44.7 Å². The van der Waals surface area contributed by atoms with Crippen molar-refractivity contribution in [2.24, 2.45) is 0 Å². The van der Waals surface area contributed by atoms with Gasteiger partial charge in [0.05, 0.1) is 0 Å². The third-order valence-corrected chi connectivity index (χ3v) is 6.17. The summed E-state index contributed by atoms with van der Waals surface area (Å²) in [4.78, 5) is 31.0. The van der Waals surface area contributed by atoms with Gasteiger partial charge in [-0.25, -0.2) is 9.97 Å². The lowest BCUT2D eigenvalue weighted by molar-refractivity contribution is -0.132. The molecular formula is C23H31N5O. The number of amides is 1. The Kier molecular flexibility index (Phi) is 6.07. The van der Waals surface area contributed by atoms with Gasteiger partial charge >= 0.3 is 0 Å². The second-order valence-electron chi connectivity index (χ2n) is 8.16. The van der Waals surface area contributed by atoms with Gasteiger partial charge in [0.15, 0.2) is 0 Å². The lowest BCUT2D eigenvalue weighted by Gasteiger charge is -2.34. The standard InChI is InChI=1S/C23H31N5O/c1-3-21(29)28-14-6-8-18(16-28)22-25-17(2)20-10-7-13-27(23(20)26-22)15-11-19-9-4-5-12-24-19/h4-5,9,12,18H,3,6-8,10-11,13-16H2,1-2H3/t18-/m0/s1. The quantitative estimate of drug-likeness (QED) is 0.780. The second-order valence-corrected chi connectivity index (χ2v) is 8.16. The van der Waals surface area contributed by atoms with Crippen LogP contribution in [0.25, 0.3) is 0 Å². The van der Waals surface area contributed by atoms with Crippen molar-refractivity contribution in [1.29, 1.82) is 0 Å². The molecule has 1 fully saturated rings. The van der Waals surface area contributed by atoms with Crippen molar-refractivity contribution in [2.45, 2.75) is 58.3 Å². The Bertz CT molecular complexity index is 854. The number of carbonyl (C=O) groups excluding carboxylic acids is 1. The summed E-state index contributed by atoms with van der Waals surface area (Å²) in [6.07, 6.45) is 7.61. The zero-order valence-electron chi connectivity index (χ0n) is 17.6. The highest BCUT2D eigenvalue weighted by atomic mass is 16.2. The van der Waals surface area contributed by atoms with E-state index in [2.05, 4.69) is 22.9 Å². The van der Waals surface area contributed by atoms with Crippen LogP contribution in [0.4, 0.5) is 5.82 Å². The van der Waals surface area contributed by atoms with Crippen LogP contribution in [0.3, 0.4) is 0 Å². The van der Waals surface area contributed by atoms with E-state index in [0.717, 1.165) is 81.3 Å². The van der Waals surface area contributed by atoms with Crippen molar-refractivity contribution < 1.29 is 4.79 Å². The minimum atomic E-state index is 0.237. The number of rotatable bonds is 5. The molecule has 2 aliphatic heterocycles. The summed E-state index contributed by atoms with van der Waals surface area (Å²) in [5.74, 6) is 2.50. The van der Waals surface area contributed by atoms with Crippen molar-refractivity contribution in [1.82, 2.24) is 19.9 Å². The maximum absolute atomic E-state index is 12.2. The molecule has 0 N–H and O–H groups in total. The molecule has 6 heteroatoms. The first-order chi connectivity index (χ1) is 14.2. The Morgan fingerprint density at radius 3 is 2.90 bits per heavy atom. The lowest BCUT2D eigenvalue weighted by Crippen LogP contribution is -2.39. The van der Waals surface area contributed by atoms with Crippen molar-refractivity contribution >= 4 is 11.7 Å². The summed E-state index contributed by atoms with van der Waals surface area (Å²) in [5.41, 5.74) is 3.51. The smallest absolute Gasteiger partial charge is 0.222 e. The number of anilines is 1. The number of carbonyl (C=O) groups is 1. The number of likely N-dealkylation sites (tertiary alicyclic amines) is 1. The fourth-order valence-corrected chi connectivity index (χ4v) is 4.54. The van der Waals surface area contributed by atoms with Crippen LogP contribution in [0, 0.1) is 6.92 Å². The van der Waals surface area contributed by atoms with Crippen LogP contribution < -0.4 is 4.90 Å². The lowest BCUT2D eigenvalue weighted by atomic mass is 9.95. The predicted octanol–water partition coefficient (Wildman–Crippen LogP) is 3.29. The number of piperidine rings is 1. The van der Waals surface area contributed by atoms with E-state index >= 15 is 0 Å². The van der Waals surface area contributed by atoms with Crippen LogP contribution >= 0.6 is 0 Å². The predicted molar refractivity (Wildman–Crippen MR) is 114 cm³/mol. The molecule has 0 aliphatic carbocycles. The van der Waals surface area contributed by atoms with Gasteiger partial charge in [0, 0.05) is 68.1 Å². The van der Waals surface area contributed by atoms with Crippen molar-refractivity contribution in [3.05, 3.63) is 47.2 Å². The van der Waals surface area contributed by atoms with E-state index in [9.17, 15) is 4.79 Å². The second kappa shape index (κ2) is 8.89. The highest BCUT2D eigenvalue weighted by Gasteiger charge is 2.29. The SMILES string of the molecule is CCC(=O)N1CCC[C@H](c2nc(C)c3c(n2)N(CCc2ccccn2)CCC3)C1. The molecule has 4 rings (SSSR count). The van der Waals surface area contributed by atoms with Crippen LogP contribution in [0.15, 0.2) is 24.4 Å². The van der Waals surface area contributed by atoms with Crippen LogP contribution in [0.5, 0.6) is 0 Å². The van der Waals surface area contributed by atoms with Gasteiger partial charge in [-0.2, -0.15) is 0 Å². The summed E-state index contributed by atoms with van der Waals surface area (Å²) in [5, 5.41) is 0. The van der Waals surface area contributed by atoms with Gasteiger partial charge < -0.3 is 9.80 Å². The molecule has 2 aromatic rings. The van der Waals surface area contributed by atoms with E-state index in [-0.39, 0.29) is 11.8 Å². The number of fused-ring (bicyclic) bond motifs is 1. The van der Waals surface area contributed by atoms with Crippen LogP contribution in [-0.2, 0) is 17.6 Å². The molecule has 0 saturated carbocycles. The molecule has 0 aromatic carbocycles. The third kappa shape index (κ3) is 4.41. The van der Waals surface area contributed by atoms with Gasteiger partial charge in [-0.15, -0.1) is 0 Å². The first kappa shape index (κ1) is 19.8. The number of hydrogen-bond acceptors (Lipinski definition) is 5. The molecule has 6 nitrogen and oxygen atoms in total. The van der Waals surface area contributed by atoms with Crippen molar-refractivity contribution in [3.63, 3.8) is 0 Å². The van der Waals surface area contributed by atoms with E-state index < -0.39 is 0 Å². The molecular weight excluding hydrogens is 362 g/mol. The Labute approximate surface area is 173 Å². The van der Waals surface area contributed by atoms with Crippen LogP contribution in [-0.4, -0.2) is 51.9 Å². The molecule has 154 valence electrons. The minimum Gasteiger partial charge on any atom is -0.356 e. The number of hydrogen-bond donors (Lipinski definition) is 0. The average molecular weight is 394 g/mol. The van der Waals surface area contributed by atoms with Gasteiger partial charge in [-0.1, -0.05) is 13.0 Å².